The standard InChI is InChI=1S/C17H19N3O5S/c21-16-5-4-14(26(23,24)20-7-9-25-10-8-20)11-15(16)17(22)19-12-13-3-1-2-6-18-13/h1-6,11,21H,7-10,12H2,(H,19,22). The van der Waals surface area contributed by atoms with E-state index >= 15 is 0 Å². The summed E-state index contributed by atoms with van der Waals surface area (Å²) in [5.74, 6) is -0.864. The first kappa shape index (κ1) is 18.3. The molecule has 1 aromatic heterocycles. The van der Waals surface area contributed by atoms with Crippen LogP contribution < -0.4 is 5.32 Å². The van der Waals surface area contributed by atoms with Gasteiger partial charge in [-0.25, -0.2) is 8.42 Å². The molecule has 0 saturated carbocycles. The van der Waals surface area contributed by atoms with Crippen LogP contribution in [0, 0.1) is 0 Å². The van der Waals surface area contributed by atoms with Crippen molar-refractivity contribution in [2.24, 2.45) is 0 Å². The maximum absolute atomic E-state index is 12.7. The summed E-state index contributed by atoms with van der Waals surface area (Å²) >= 11 is 0. The molecule has 0 radical (unpaired) electrons. The van der Waals surface area contributed by atoms with Crippen LogP contribution in [0.15, 0.2) is 47.5 Å². The van der Waals surface area contributed by atoms with Crippen molar-refractivity contribution in [3.05, 3.63) is 53.9 Å². The van der Waals surface area contributed by atoms with Gasteiger partial charge in [-0.15, -0.1) is 0 Å². The van der Waals surface area contributed by atoms with Gasteiger partial charge in [0.25, 0.3) is 5.91 Å². The third-order valence-electron chi connectivity index (χ3n) is 3.98. The van der Waals surface area contributed by atoms with Crippen molar-refractivity contribution < 1.29 is 23.1 Å². The highest BCUT2D eigenvalue weighted by Gasteiger charge is 2.27. The Hall–Kier alpha value is -2.49. The lowest BCUT2D eigenvalue weighted by Gasteiger charge is -2.26. The zero-order valence-corrected chi connectivity index (χ0v) is 14.8. The molecule has 1 aliphatic rings. The van der Waals surface area contributed by atoms with Crippen LogP contribution >= 0.6 is 0 Å². The minimum Gasteiger partial charge on any atom is -0.507 e. The lowest BCUT2D eigenvalue weighted by atomic mass is 10.2. The Bertz CT molecular complexity index is 881. The minimum atomic E-state index is -3.75. The van der Waals surface area contributed by atoms with Crippen molar-refractivity contribution in [3.63, 3.8) is 0 Å². The summed E-state index contributed by atoms with van der Waals surface area (Å²) in [6, 6.07) is 8.99. The number of benzene rings is 1. The molecule has 9 heteroatoms. The Morgan fingerprint density at radius 3 is 2.69 bits per heavy atom. The van der Waals surface area contributed by atoms with Crippen molar-refractivity contribution in [2.75, 3.05) is 26.3 Å². The number of ether oxygens (including phenoxy) is 1. The molecule has 1 aliphatic heterocycles. The number of hydrogen-bond acceptors (Lipinski definition) is 6. The smallest absolute Gasteiger partial charge is 0.255 e. The molecule has 0 spiro atoms. The Balaban J connectivity index is 1.79. The van der Waals surface area contributed by atoms with Crippen LogP contribution in [-0.2, 0) is 21.3 Å². The van der Waals surface area contributed by atoms with Gasteiger partial charge in [-0.2, -0.15) is 4.31 Å². The molecule has 0 atom stereocenters. The van der Waals surface area contributed by atoms with Crippen LogP contribution in [0.1, 0.15) is 16.1 Å². The van der Waals surface area contributed by atoms with Crippen LogP contribution in [0.3, 0.4) is 0 Å². The van der Waals surface area contributed by atoms with Crippen molar-refractivity contribution in [1.29, 1.82) is 0 Å². The highest BCUT2D eigenvalue weighted by atomic mass is 32.2. The number of nitrogens with zero attached hydrogens (tertiary/aromatic N) is 2. The number of morpholine rings is 1. The van der Waals surface area contributed by atoms with Gasteiger partial charge in [0.2, 0.25) is 10.0 Å². The van der Waals surface area contributed by atoms with E-state index in [4.69, 9.17) is 4.74 Å². The van der Waals surface area contributed by atoms with Crippen LogP contribution in [0.2, 0.25) is 0 Å². The number of amides is 1. The summed E-state index contributed by atoms with van der Waals surface area (Å²) in [5.41, 5.74) is 0.549. The molecular weight excluding hydrogens is 358 g/mol. The van der Waals surface area contributed by atoms with E-state index in [9.17, 15) is 18.3 Å². The van der Waals surface area contributed by atoms with Gasteiger partial charge in [-0.05, 0) is 30.3 Å². The first-order valence-electron chi connectivity index (χ1n) is 8.07. The van der Waals surface area contributed by atoms with Gasteiger partial charge in [0.05, 0.1) is 35.9 Å². The summed E-state index contributed by atoms with van der Waals surface area (Å²) in [7, 11) is -3.75. The highest BCUT2D eigenvalue weighted by Crippen LogP contribution is 2.24. The van der Waals surface area contributed by atoms with E-state index in [-0.39, 0.29) is 35.8 Å². The van der Waals surface area contributed by atoms with Gasteiger partial charge in [-0.1, -0.05) is 6.07 Å². The van der Waals surface area contributed by atoms with Crippen molar-refractivity contribution >= 4 is 15.9 Å². The lowest BCUT2D eigenvalue weighted by Crippen LogP contribution is -2.40. The van der Waals surface area contributed by atoms with E-state index in [0.29, 0.717) is 18.9 Å². The summed E-state index contributed by atoms with van der Waals surface area (Å²) < 4.78 is 31.9. The summed E-state index contributed by atoms with van der Waals surface area (Å²) in [4.78, 5) is 16.4. The second kappa shape index (κ2) is 7.81. The third-order valence-corrected chi connectivity index (χ3v) is 5.87. The topological polar surface area (TPSA) is 109 Å². The highest BCUT2D eigenvalue weighted by molar-refractivity contribution is 7.89. The zero-order valence-electron chi connectivity index (χ0n) is 14.0. The van der Waals surface area contributed by atoms with Crippen molar-refractivity contribution in [1.82, 2.24) is 14.6 Å². The molecule has 1 aromatic carbocycles. The number of aromatic hydroxyl groups is 1. The van der Waals surface area contributed by atoms with E-state index in [1.54, 1.807) is 24.4 Å². The molecule has 2 N–H and O–H groups in total. The number of phenolic OH excluding ortho intramolecular Hbond substituents is 1. The van der Waals surface area contributed by atoms with Crippen LogP contribution in [0.25, 0.3) is 0 Å². The number of pyridine rings is 1. The monoisotopic (exact) mass is 377 g/mol. The zero-order chi connectivity index (χ0) is 18.6. The molecule has 8 nitrogen and oxygen atoms in total. The number of nitrogens with one attached hydrogen (secondary N) is 1. The Morgan fingerprint density at radius 1 is 1.23 bits per heavy atom. The molecule has 0 bridgehead atoms. The fraction of sp³-hybridized carbons (Fsp3) is 0.294. The average Bonchev–Trinajstić information content (AvgIpc) is 2.68. The van der Waals surface area contributed by atoms with E-state index in [0.717, 1.165) is 0 Å². The van der Waals surface area contributed by atoms with Crippen molar-refractivity contribution in [2.45, 2.75) is 11.4 Å². The number of carbonyl (C=O) groups is 1. The van der Waals surface area contributed by atoms with Gasteiger partial charge in [0.15, 0.2) is 0 Å². The number of rotatable bonds is 5. The van der Waals surface area contributed by atoms with Crippen molar-refractivity contribution in [3.8, 4) is 5.75 Å². The first-order chi connectivity index (χ1) is 12.5. The second-order valence-electron chi connectivity index (χ2n) is 5.70. The van der Waals surface area contributed by atoms with Crippen LogP contribution in [0.4, 0.5) is 0 Å². The maximum atomic E-state index is 12.7. The molecule has 26 heavy (non-hydrogen) atoms. The van der Waals surface area contributed by atoms with Crippen LogP contribution in [-0.4, -0.2) is 55.0 Å². The molecule has 1 saturated heterocycles. The van der Waals surface area contributed by atoms with E-state index in [1.165, 1.54) is 22.5 Å². The summed E-state index contributed by atoms with van der Waals surface area (Å²) in [5, 5.41) is 12.6. The number of phenols is 1. The number of hydrogen-bond donors (Lipinski definition) is 2. The maximum Gasteiger partial charge on any atom is 0.255 e. The predicted octanol–water partition coefficient (Wildman–Crippen LogP) is 0.738. The Labute approximate surface area is 151 Å². The lowest BCUT2D eigenvalue weighted by molar-refractivity contribution is 0.0730. The van der Waals surface area contributed by atoms with Gasteiger partial charge >= 0.3 is 0 Å². The molecule has 2 aromatic rings. The SMILES string of the molecule is O=C(NCc1ccccn1)c1cc(S(=O)(=O)N2CCOCC2)ccc1O. The quantitative estimate of drug-likeness (QED) is 0.795. The molecule has 0 unspecified atom stereocenters. The van der Waals surface area contributed by atoms with E-state index in [1.807, 2.05) is 0 Å². The average molecular weight is 377 g/mol. The molecule has 0 aliphatic carbocycles. The molecule has 1 amide bonds. The van der Waals surface area contributed by atoms with E-state index < -0.39 is 15.9 Å². The molecular formula is C17H19N3O5S. The van der Waals surface area contributed by atoms with Gasteiger partial charge in [-0.3, -0.25) is 9.78 Å². The third kappa shape index (κ3) is 4.01. The fourth-order valence-electron chi connectivity index (χ4n) is 2.56. The molecule has 1 fully saturated rings. The predicted molar refractivity (Wildman–Crippen MR) is 93.1 cm³/mol. The van der Waals surface area contributed by atoms with Gasteiger partial charge < -0.3 is 15.2 Å². The number of aromatic nitrogens is 1. The normalized spacial score (nSPS) is 15.5. The second-order valence-corrected chi connectivity index (χ2v) is 7.64. The molecule has 3 rings (SSSR count). The van der Waals surface area contributed by atoms with E-state index in [2.05, 4.69) is 10.3 Å². The fourth-order valence-corrected chi connectivity index (χ4v) is 4.00. The van der Waals surface area contributed by atoms with Gasteiger partial charge in [0.1, 0.15) is 5.75 Å². The summed E-state index contributed by atoms with van der Waals surface area (Å²) in [6.07, 6.45) is 1.61. The molecule has 2 heterocycles. The first-order valence-corrected chi connectivity index (χ1v) is 9.51. The number of carbonyl (C=O) groups excluding carboxylic acids is 1. The summed E-state index contributed by atoms with van der Waals surface area (Å²) in [6.45, 7) is 1.33. The minimum absolute atomic E-state index is 0.0415. The van der Waals surface area contributed by atoms with Crippen LogP contribution in [0.5, 0.6) is 5.75 Å². The van der Waals surface area contributed by atoms with Gasteiger partial charge in [0, 0.05) is 19.3 Å². The number of sulfonamides is 1. The molecule has 138 valence electrons. The Kier molecular flexibility index (Phi) is 5.50. The largest absolute Gasteiger partial charge is 0.507 e. The Morgan fingerprint density at radius 2 is 2.00 bits per heavy atom.